The number of benzene rings is 4. The highest BCUT2D eigenvalue weighted by atomic mass is 16.3. The molecule has 0 fully saturated rings. The summed E-state index contributed by atoms with van der Waals surface area (Å²) in [6.07, 6.45) is 0. The predicted molar refractivity (Wildman–Crippen MR) is 106 cm³/mol. The topological polar surface area (TPSA) is 25.2 Å². The van der Waals surface area contributed by atoms with Crippen molar-refractivity contribution in [2.75, 3.05) is 5.32 Å². The predicted octanol–water partition coefficient (Wildman–Crippen LogP) is 6.79. The molecule has 2 heteroatoms. The molecule has 5 rings (SSSR count). The lowest BCUT2D eigenvalue weighted by Crippen LogP contribution is -1.90. The summed E-state index contributed by atoms with van der Waals surface area (Å²) in [5.41, 5.74) is 5.11. The number of rotatable bonds is 2. The van der Waals surface area contributed by atoms with E-state index in [9.17, 15) is 0 Å². The maximum absolute atomic E-state index is 6.23. The van der Waals surface area contributed by atoms with Gasteiger partial charge in [0.1, 0.15) is 5.58 Å². The fraction of sp³-hybridized carbons (Fsp3) is 0.0435. The van der Waals surface area contributed by atoms with Crippen molar-refractivity contribution in [1.82, 2.24) is 0 Å². The van der Waals surface area contributed by atoms with E-state index in [1.54, 1.807) is 0 Å². The van der Waals surface area contributed by atoms with Crippen LogP contribution >= 0.6 is 0 Å². The summed E-state index contributed by atoms with van der Waals surface area (Å²) in [5, 5.41) is 8.22. The molecular weight excluding hydrogens is 306 g/mol. The monoisotopic (exact) mass is 323 g/mol. The van der Waals surface area contributed by atoms with Gasteiger partial charge in [-0.15, -0.1) is 0 Å². The first-order valence-corrected chi connectivity index (χ1v) is 8.46. The number of aryl methyl sites for hydroxylation is 1. The van der Waals surface area contributed by atoms with Crippen LogP contribution in [0.3, 0.4) is 0 Å². The molecule has 120 valence electrons. The third kappa shape index (κ3) is 2.34. The first-order valence-electron chi connectivity index (χ1n) is 8.46. The second-order valence-corrected chi connectivity index (χ2v) is 6.47. The Balaban J connectivity index is 1.73. The summed E-state index contributed by atoms with van der Waals surface area (Å²) in [5.74, 6) is 0. The molecule has 0 amide bonds. The van der Waals surface area contributed by atoms with E-state index in [-0.39, 0.29) is 0 Å². The molecule has 0 radical (unpaired) electrons. The van der Waals surface area contributed by atoms with E-state index in [2.05, 4.69) is 91.1 Å². The number of hydrogen-bond donors (Lipinski definition) is 1. The molecule has 0 saturated carbocycles. The maximum Gasteiger partial charge on any atom is 0.158 e. The molecule has 2 nitrogen and oxygen atoms in total. The van der Waals surface area contributed by atoms with Crippen molar-refractivity contribution >= 4 is 44.1 Å². The Hall–Kier alpha value is -3.26. The van der Waals surface area contributed by atoms with Gasteiger partial charge in [0, 0.05) is 16.5 Å². The maximum atomic E-state index is 6.23. The Labute approximate surface area is 145 Å². The Morgan fingerprint density at radius 3 is 2.36 bits per heavy atom. The zero-order valence-corrected chi connectivity index (χ0v) is 13.9. The van der Waals surface area contributed by atoms with Crippen molar-refractivity contribution < 1.29 is 4.42 Å². The van der Waals surface area contributed by atoms with Crippen LogP contribution in [-0.2, 0) is 0 Å². The summed E-state index contributed by atoms with van der Waals surface area (Å²) in [6, 6.07) is 27.3. The molecule has 0 aliphatic rings. The van der Waals surface area contributed by atoms with Crippen LogP contribution in [0, 0.1) is 6.92 Å². The van der Waals surface area contributed by atoms with Crippen molar-refractivity contribution in [3.05, 3.63) is 84.4 Å². The van der Waals surface area contributed by atoms with E-state index >= 15 is 0 Å². The molecule has 0 bridgehead atoms. The highest BCUT2D eigenvalue weighted by Crippen LogP contribution is 2.36. The largest absolute Gasteiger partial charge is 0.454 e. The van der Waals surface area contributed by atoms with Crippen molar-refractivity contribution in [3.8, 4) is 0 Å². The molecule has 0 atom stereocenters. The first kappa shape index (κ1) is 14.1. The van der Waals surface area contributed by atoms with Crippen LogP contribution in [0.2, 0.25) is 0 Å². The molecule has 0 spiro atoms. The summed E-state index contributed by atoms with van der Waals surface area (Å²) < 4.78 is 6.23. The molecule has 0 aliphatic heterocycles. The number of anilines is 2. The highest BCUT2D eigenvalue weighted by Gasteiger charge is 2.11. The molecule has 4 aromatic carbocycles. The summed E-state index contributed by atoms with van der Waals surface area (Å²) in [7, 11) is 0. The van der Waals surface area contributed by atoms with Crippen LogP contribution in [0.1, 0.15) is 5.56 Å². The standard InChI is InChI=1S/C23H17NO/c1-15-6-4-9-18(12-15)24-21-11-5-10-19-20-13-16-7-2-3-8-17(16)14-22(20)25-23(19)21/h2-14,24H,1H3. The van der Waals surface area contributed by atoms with E-state index in [1.165, 1.54) is 16.3 Å². The van der Waals surface area contributed by atoms with Crippen LogP contribution < -0.4 is 5.32 Å². The molecule has 0 unspecified atom stereocenters. The number of hydrogen-bond acceptors (Lipinski definition) is 2. The van der Waals surface area contributed by atoms with Gasteiger partial charge in [-0.1, -0.05) is 48.5 Å². The lowest BCUT2D eigenvalue weighted by Gasteiger charge is -2.07. The molecule has 25 heavy (non-hydrogen) atoms. The van der Waals surface area contributed by atoms with Gasteiger partial charge in [-0.25, -0.2) is 0 Å². The third-order valence-electron chi connectivity index (χ3n) is 4.66. The van der Waals surface area contributed by atoms with Gasteiger partial charge in [-0.05, 0) is 53.6 Å². The Morgan fingerprint density at radius 2 is 1.52 bits per heavy atom. The lowest BCUT2D eigenvalue weighted by molar-refractivity contribution is 0.670. The smallest absolute Gasteiger partial charge is 0.158 e. The minimum absolute atomic E-state index is 0.898. The lowest BCUT2D eigenvalue weighted by atomic mass is 10.1. The van der Waals surface area contributed by atoms with E-state index in [0.717, 1.165) is 33.3 Å². The van der Waals surface area contributed by atoms with Gasteiger partial charge in [0.25, 0.3) is 0 Å². The van der Waals surface area contributed by atoms with E-state index < -0.39 is 0 Å². The fourth-order valence-corrected chi connectivity index (χ4v) is 3.46. The second-order valence-electron chi connectivity index (χ2n) is 6.47. The minimum Gasteiger partial charge on any atom is -0.454 e. The van der Waals surface area contributed by atoms with Crippen molar-refractivity contribution in [2.24, 2.45) is 0 Å². The SMILES string of the molecule is Cc1cccc(Nc2cccc3c2oc2cc4ccccc4cc23)c1. The normalized spacial score (nSPS) is 11.4. The van der Waals surface area contributed by atoms with Crippen LogP contribution in [0.15, 0.2) is 83.3 Å². The van der Waals surface area contributed by atoms with Crippen molar-refractivity contribution in [2.45, 2.75) is 6.92 Å². The van der Waals surface area contributed by atoms with Gasteiger partial charge in [-0.2, -0.15) is 0 Å². The molecule has 0 saturated heterocycles. The second kappa shape index (κ2) is 5.38. The number of fused-ring (bicyclic) bond motifs is 4. The molecule has 5 aromatic rings. The average Bonchev–Trinajstić information content (AvgIpc) is 2.98. The molecule has 1 aromatic heterocycles. The molecular formula is C23H17NO. The van der Waals surface area contributed by atoms with E-state index in [1.807, 2.05) is 0 Å². The summed E-state index contributed by atoms with van der Waals surface area (Å²) in [6.45, 7) is 2.10. The summed E-state index contributed by atoms with van der Waals surface area (Å²) >= 11 is 0. The summed E-state index contributed by atoms with van der Waals surface area (Å²) in [4.78, 5) is 0. The van der Waals surface area contributed by atoms with Gasteiger partial charge in [-0.3, -0.25) is 0 Å². The van der Waals surface area contributed by atoms with Gasteiger partial charge in [0.15, 0.2) is 5.58 Å². The molecule has 1 N–H and O–H groups in total. The zero-order valence-electron chi connectivity index (χ0n) is 13.9. The number of nitrogens with one attached hydrogen (secondary N) is 1. The van der Waals surface area contributed by atoms with Crippen LogP contribution in [-0.4, -0.2) is 0 Å². The zero-order chi connectivity index (χ0) is 16.8. The number of para-hydroxylation sites is 1. The van der Waals surface area contributed by atoms with E-state index in [4.69, 9.17) is 4.42 Å². The van der Waals surface area contributed by atoms with Gasteiger partial charge in [0.2, 0.25) is 0 Å². The first-order chi connectivity index (χ1) is 12.3. The Morgan fingerprint density at radius 1 is 0.720 bits per heavy atom. The van der Waals surface area contributed by atoms with Gasteiger partial charge >= 0.3 is 0 Å². The average molecular weight is 323 g/mol. The van der Waals surface area contributed by atoms with E-state index in [0.29, 0.717) is 0 Å². The third-order valence-corrected chi connectivity index (χ3v) is 4.66. The molecule has 0 aliphatic carbocycles. The molecule has 1 heterocycles. The highest BCUT2D eigenvalue weighted by molar-refractivity contribution is 6.12. The van der Waals surface area contributed by atoms with Crippen LogP contribution in [0.5, 0.6) is 0 Å². The Kier molecular flexibility index (Phi) is 3.04. The van der Waals surface area contributed by atoms with Crippen LogP contribution in [0.25, 0.3) is 32.7 Å². The Bertz CT molecular complexity index is 1230. The fourth-order valence-electron chi connectivity index (χ4n) is 3.46. The van der Waals surface area contributed by atoms with Gasteiger partial charge in [0.05, 0.1) is 5.69 Å². The number of furan rings is 1. The van der Waals surface area contributed by atoms with Crippen molar-refractivity contribution in [1.29, 1.82) is 0 Å². The quantitative estimate of drug-likeness (QED) is 0.387. The minimum atomic E-state index is 0.898. The van der Waals surface area contributed by atoms with Crippen LogP contribution in [0.4, 0.5) is 11.4 Å². The van der Waals surface area contributed by atoms with Crippen molar-refractivity contribution in [3.63, 3.8) is 0 Å². The van der Waals surface area contributed by atoms with Gasteiger partial charge < -0.3 is 9.73 Å².